The molecule has 0 bridgehead atoms. The van der Waals surface area contributed by atoms with Crippen molar-refractivity contribution >= 4 is 18.3 Å². The summed E-state index contributed by atoms with van der Waals surface area (Å²) < 4.78 is 40.9. The number of hydrogen-bond donors (Lipinski definition) is 2. The molecule has 3 atom stereocenters. The van der Waals surface area contributed by atoms with Crippen LogP contribution in [0, 0.1) is 0 Å². The molecule has 0 radical (unpaired) electrons. The third-order valence-corrected chi connectivity index (χ3v) is 7.46. The van der Waals surface area contributed by atoms with E-state index in [0.717, 1.165) is 42.5 Å². The fourth-order valence-corrected chi connectivity index (χ4v) is 5.52. The standard InChI is InChI=1S/C28H31F3N4O2.ClH/c29-28(30,31)21-12-10-19(11-13-21)16-22-17-32-14-15-34(22)27(37)25-26(20-6-2-1-3-7-20)35(18-33-25)23-8-4-5-9-24(23)36;/h1-3,6-7,10-13,18,22-24,32,36H,4-5,8-9,14-17H2;1H/t22-,23+,24-;/m1./s1. The molecule has 5 rings (SSSR count). The molecule has 2 heterocycles. The van der Waals surface area contributed by atoms with Crippen LogP contribution in [0.2, 0.25) is 0 Å². The van der Waals surface area contributed by atoms with Crippen LogP contribution in [-0.2, 0) is 12.6 Å². The minimum atomic E-state index is -4.38. The molecule has 3 aromatic rings. The fourth-order valence-electron chi connectivity index (χ4n) is 5.52. The molecule has 2 aliphatic rings. The summed E-state index contributed by atoms with van der Waals surface area (Å²) in [7, 11) is 0. The number of alkyl halides is 3. The second-order valence-corrected chi connectivity index (χ2v) is 9.89. The van der Waals surface area contributed by atoms with E-state index in [9.17, 15) is 23.1 Å². The minimum Gasteiger partial charge on any atom is -0.391 e. The molecular formula is C28H32ClF3N4O2. The average molecular weight is 549 g/mol. The van der Waals surface area contributed by atoms with Crippen LogP contribution in [0.3, 0.4) is 0 Å². The molecule has 10 heteroatoms. The van der Waals surface area contributed by atoms with Gasteiger partial charge in [-0.25, -0.2) is 4.98 Å². The molecule has 1 aliphatic carbocycles. The zero-order valence-corrected chi connectivity index (χ0v) is 21.7. The smallest absolute Gasteiger partial charge is 0.391 e. The van der Waals surface area contributed by atoms with Gasteiger partial charge in [0, 0.05) is 31.2 Å². The third-order valence-electron chi connectivity index (χ3n) is 7.46. The summed E-state index contributed by atoms with van der Waals surface area (Å²) in [5.74, 6) is -0.207. The monoisotopic (exact) mass is 548 g/mol. The van der Waals surface area contributed by atoms with E-state index in [4.69, 9.17) is 0 Å². The Morgan fingerprint density at radius 1 is 1.05 bits per heavy atom. The normalized spacial score (nSPS) is 22.1. The molecule has 1 aliphatic heterocycles. The number of aromatic nitrogens is 2. The van der Waals surface area contributed by atoms with Gasteiger partial charge in [-0.1, -0.05) is 55.3 Å². The number of rotatable bonds is 5. The molecule has 0 unspecified atom stereocenters. The van der Waals surface area contributed by atoms with Crippen molar-refractivity contribution in [1.82, 2.24) is 19.8 Å². The van der Waals surface area contributed by atoms with Crippen LogP contribution < -0.4 is 5.32 Å². The number of hydrogen-bond acceptors (Lipinski definition) is 4. The second kappa shape index (κ2) is 11.9. The van der Waals surface area contributed by atoms with Crippen molar-refractivity contribution in [3.63, 3.8) is 0 Å². The largest absolute Gasteiger partial charge is 0.416 e. The lowest BCUT2D eigenvalue weighted by Gasteiger charge is -2.36. The predicted molar refractivity (Wildman–Crippen MR) is 141 cm³/mol. The summed E-state index contributed by atoms with van der Waals surface area (Å²) in [6.45, 7) is 1.63. The summed E-state index contributed by atoms with van der Waals surface area (Å²) in [5.41, 5.74) is 1.94. The van der Waals surface area contributed by atoms with Crippen LogP contribution in [0.25, 0.3) is 11.3 Å². The molecule has 1 saturated heterocycles. The number of halogens is 4. The van der Waals surface area contributed by atoms with Crippen LogP contribution in [0.4, 0.5) is 13.2 Å². The number of carbonyl (C=O) groups excluding carboxylic acids is 1. The topological polar surface area (TPSA) is 70.4 Å². The molecule has 1 aromatic heterocycles. The number of piperazine rings is 1. The number of aliphatic hydroxyl groups is 1. The predicted octanol–water partition coefficient (Wildman–Crippen LogP) is 5.12. The molecular weight excluding hydrogens is 517 g/mol. The van der Waals surface area contributed by atoms with Crippen LogP contribution in [0.5, 0.6) is 0 Å². The van der Waals surface area contributed by atoms with E-state index in [1.165, 1.54) is 12.1 Å². The molecule has 1 saturated carbocycles. The lowest BCUT2D eigenvalue weighted by molar-refractivity contribution is -0.137. The zero-order valence-electron chi connectivity index (χ0n) is 20.9. The van der Waals surface area contributed by atoms with Gasteiger partial charge in [-0.15, -0.1) is 12.4 Å². The maximum atomic E-state index is 14.0. The van der Waals surface area contributed by atoms with Crippen LogP contribution >= 0.6 is 12.4 Å². The van der Waals surface area contributed by atoms with Gasteiger partial charge >= 0.3 is 6.18 Å². The Balaban J connectivity index is 0.00000336. The van der Waals surface area contributed by atoms with Gasteiger partial charge in [0.25, 0.3) is 5.91 Å². The van der Waals surface area contributed by atoms with Crippen LogP contribution in [-0.4, -0.2) is 57.2 Å². The van der Waals surface area contributed by atoms with Gasteiger partial charge in [0.1, 0.15) is 0 Å². The summed E-state index contributed by atoms with van der Waals surface area (Å²) in [4.78, 5) is 20.3. The first-order valence-corrected chi connectivity index (χ1v) is 12.8. The van der Waals surface area contributed by atoms with E-state index in [1.807, 2.05) is 34.9 Å². The molecule has 2 N–H and O–H groups in total. The van der Waals surface area contributed by atoms with E-state index < -0.39 is 17.8 Å². The molecule has 2 fully saturated rings. The zero-order chi connectivity index (χ0) is 26.0. The maximum Gasteiger partial charge on any atom is 0.416 e. The van der Waals surface area contributed by atoms with E-state index in [-0.39, 0.29) is 30.4 Å². The summed E-state index contributed by atoms with van der Waals surface area (Å²) in [6, 6.07) is 14.4. The van der Waals surface area contributed by atoms with Crippen molar-refractivity contribution in [2.45, 2.75) is 56.5 Å². The fraction of sp³-hybridized carbons (Fsp3) is 0.429. The van der Waals surface area contributed by atoms with Gasteiger partial charge in [-0.05, 0) is 37.0 Å². The second-order valence-electron chi connectivity index (χ2n) is 9.89. The molecule has 0 spiro atoms. The van der Waals surface area contributed by atoms with Gasteiger partial charge in [-0.3, -0.25) is 4.79 Å². The van der Waals surface area contributed by atoms with Crippen molar-refractivity contribution in [2.75, 3.05) is 19.6 Å². The Hall–Kier alpha value is -2.88. The number of amides is 1. The average Bonchev–Trinajstić information content (AvgIpc) is 3.34. The van der Waals surface area contributed by atoms with Crippen molar-refractivity contribution in [3.8, 4) is 11.3 Å². The van der Waals surface area contributed by atoms with Crippen LogP contribution in [0.15, 0.2) is 60.9 Å². The Kier molecular flexibility index (Phi) is 8.80. The van der Waals surface area contributed by atoms with E-state index >= 15 is 0 Å². The SMILES string of the molecule is Cl.O=C(c1ncn([C@H]2CCCC[C@H]2O)c1-c1ccccc1)N1CCNC[C@H]1Cc1ccc(C(F)(F)F)cc1. The number of nitrogens with one attached hydrogen (secondary N) is 1. The first-order chi connectivity index (χ1) is 17.8. The number of carbonyl (C=O) groups is 1. The van der Waals surface area contributed by atoms with Crippen LogP contribution in [0.1, 0.15) is 53.3 Å². The number of imidazole rings is 1. The van der Waals surface area contributed by atoms with Gasteiger partial charge < -0.3 is 19.9 Å². The highest BCUT2D eigenvalue weighted by Crippen LogP contribution is 2.35. The Morgan fingerprint density at radius 3 is 2.45 bits per heavy atom. The van der Waals surface area contributed by atoms with Crippen molar-refractivity contribution in [3.05, 3.63) is 77.7 Å². The van der Waals surface area contributed by atoms with Gasteiger partial charge in [0.05, 0.1) is 29.7 Å². The third kappa shape index (κ3) is 5.90. The number of nitrogens with zero attached hydrogens (tertiary/aromatic N) is 3. The Bertz CT molecular complexity index is 1220. The van der Waals surface area contributed by atoms with Gasteiger partial charge in [0.2, 0.25) is 0 Å². The summed E-state index contributed by atoms with van der Waals surface area (Å²) in [6.07, 6.45) is 0.727. The number of aliphatic hydroxyl groups excluding tert-OH is 1. The summed E-state index contributed by atoms with van der Waals surface area (Å²) in [5, 5.41) is 14.0. The highest BCUT2D eigenvalue weighted by molar-refractivity contribution is 5.98. The molecule has 2 aromatic carbocycles. The lowest BCUT2D eigenvalue weighted by Crippen LogP contribution is -2.54. The van der Waals surface area contributed by atoms with E-state index in [0.29, 0.717) is 43.9 Å². The van der Waals surface area contributed by atoms with E-state index in [2.05, 4.69) is 10.3 Å². The Labute approximate surface area is 226 Å². The molecule has 38 heavy (non-hydrogen) atoms. The highest BCUT2D eigenvalue weighted by atomic mass is 35.5. The first kappa shape index (κ1) is 28.1. The molecule has 204 valence electrons. The van der Waals surface area contributed by atoms with Gasteiger partial charge in [-0.2, -0.15) is 13.2 Å². The molecule has 1 amide bonds. The van der Waals surface area contributed by atoms with Crippen molar-refractivity contribution in [1.29, 1.82) is 0 Å². The Morgan fingerprint density at radius 2 is 1.76 bits per heavy atom. The first-order valence-electron chi connectivity index (χ1n) is 12.8. The van der Waals surface area contributed by atoms with Gasteiger partial charge in [0.15, 0.2) is 5.69 Å². The minimum absolute atomic E-state index is 0. The lowest BCUT2D eigenvalue weighted by atomic mass is 9.92. The maximum absolute atomic E-state index is 14.0. The van der Waals surface area contributed by atoms with Crippen molar-refractivity contribution < 1.29 is 23.1 Å². The van der Waals surface area contributed by atoms with Crippen molar-refractivity contribution in [2.24, 2.45) is 0 Å². The molecule has 6 nitrogen and oxygen atoms in total. The highest BCUT2D eigenvalue weighted by Gasteiger charge is 2.34. The number of benzene rings is 2. The quantitative estimate of drug-likeness (QED) is 0.464. The van der Waals surface area contributed by atoms with E-state index in [1.54, 1.807) is 11.2 Å². The summed E-state index contributed by atoms with van der Waals surface area (Å²) >= 11 is 0.